The maximum atomic E-state index is 13.1. The van der Waals surface area contributed by atoms with Crippen LogP contribution in [0.3, 0.4) is 0 Å². The van der Waals surface area contributed by atoms with Crippen LogP contribution in [0.15, 0.2) is 35.0 Å². The predicted molar refractivity (Wildman–Crippen MR) is 158 cm³/mol. The Labute approximate surface area is 250 Å². The molecule has 4 atom stereocenters. The van der Waals surface area contributed by atoms with Crippen molar-refractivity contribution in [2.24, 2.45) is 0 Å². The minimum Gasteiger partial charge on any atom is -0.390 e. The van der Waals surface area contributed by atoms with E-state index in [2.05, 4.69) is 0 Å². The van der Waals surface area contributed by atoms with Crippen molar-refractivity contribution in [2.75, 3.05) is 23.3 Å². The molecule has 2 saturated heterocycles. The van der Waals surface area contributed by atoms with Crippen LogP contribution in [0, 0.1) is 0 Å². The van der Waals surface area contributed by atoms with Crippen LogP contribution >= 0.6 is 69.7 Å². The summed E-state index contributed by atoms with van der Waals surface area (Å²) in [5, 5.41) is 1.67. The lowest BCUT2D eigenvalue weighted by Gasteiger charge is -2.27. The molecular weight excluding hydrogens is 621 g/mol. The van der Waals surface area contributed by atoms with Crippen molar-refractivity contribution in [2.45, 2.75) is 36.4 Å². The number of carbonyl (C=O) groups excluding carboxylic acids is 6. The zero-order chi connectivity index (χ0) is 28.1. The Kier molecular flexibility index (Phi) is 10.6. The van der Waals surface area contributed by atoms with Gasteiger partial charge < -0.3 is 14.5 Å². The predicted octanol–water partition coefficient (Wildman–Crippen LogP) is 3.91. The molecule has 2 aliphatic heterocycles. The van der Waals surface area contributed by atoms with Crippen LogP contribution < -0.4 is 0 Å². The van der Waals surface area contributed by atoms with Crippen molar-refractivity contribution in [3.8, 4) is 0 Å². The van der Waals surface area contributed by atoms with Crippen molar-refractivity contribution >= 4 is 104 Å². The SMILES string of the molecule is CC(SC(=O)c1cccs1)C(=O)N1CSCC1C(=O)OC(=O)C1CSCN1C(=O)C(C)SC(=O)c1cccs1. The second kappa shape index (κ2) is 13.7. The molecule has 0 aromatic carbocycles. The molecule has 39 heavy (non-hydrogen) atoms. The lowest BCUT2D eigenvalue weighted by Crippen LogP contribution is -2.49. The smallest absolute Gasteiger partial charge is 0.337 e. The first kappa shape index (κ1) is 30.2. The first-order valence-electron chi connectivity index (χ1n) is 11.7. The minimum atomic E-state index is -0.970. The monoisotopic (exact) mass is 644 g/mol. The van der Waals surface area contributed by atoms with Crippen LogP contribution in [0.2, 0.25) is 0 Å². The fraction of sp³-hybridized carbons (Fsp3) is 0.417. The van der Waals surface area contributed by atoms with E-state index < -0.39 is 46.3 Å². The third-order valence-electron chi connectivity index (χ3n) is 5.78. The zero-order valence-corrected chi connectivity index (χ0v) is 25.7. The summed E-state index contributed by atoms with van der Waals surface area (Å²) in [7, 11) is 0. The van der Waals surface area contributed by atoms with Gasteiger partial charge in [-0.05, 0) is 36.7 Å². The number of nitrogens with zero attached hydrogens (tertiary/aromatic N) is 2. The molecule has 15 heteroatoms. The number of ether oxygens (including phenoxy) is 1. The summed E-state index contributed by atoms with van der Waals surface area (Å²) in [6.45, 7) is 3.22. The van der Waals surface area contributed by atoms with E-state index in [0.717, 1.165) is 23.5 Å². The summed E-state index contributed by atoms with van der Waals surface area (Å²) in [6, 6.07) is 4.94. The van der Waals surface area contributed by atoms with Crippen LogP contribution in [0.1, 0.15) is 33.2 Å². The maximum Gasteiger partial charge on any atom is 0.337 e. The molecule has 208 valence electrons. The van der Waals surface area contributed by atoms with E-state index in [1.54, 1.807) is 48.9 Å². The highest BCUT2D eigenvalue weighted by Crippen LogP contribution is 2.30. The van der Waals surface area contributed by atoms with Gasteiger partial charge in [-0.3, -0.25) is 19.2 Å². The first-order chi connectivity index (χ1) is 18.7. The average molecular weight is 645 g/mol. The van der Waals surface area contributed by atoms with Crippen molar-refractivity contribution in [3.05, 3.63) is 44.8 Å². The number of hydrogen-bond donors (Lipinski definition) is 0. The Morgan fingerprint density at radius 2 is 1.18 bits per heavy atom. The summed E-state index contributed by atoms with van der Waals surface area (Å²) in [6.07, 6.45) is 0. The molecule has 2 amide bonds. The van der Waals surface area contributed by atoms with Crippen molar-refractivity contribution in [1.29, 1.82) is 0 Å². The van der Waals surface area contributed by atoms with Gasteiger partial charge in [-0.15, -0.1) is 46.2 Å². The average Bonchev–Trinajstić information content (AvgIpc) is 3.73. The minimum absolute atomic E-state index is 0.222. The number of carbonyl (C=O) groups is 6. The molecule has 0 bridgehead atoms. The van der Waals surface area contributed by atoms with Gasteiger partial charge in [-0.25, -0.2) is 9.59 Å². The Bertz CT molecular complexity index is 1140. The van der Waals surface area contributed by atoms with E-state index in [-0.39, 0.29) is 33.5 Å². The second-order valence-electron chi connectivity index (χ2n) is 8.44. The maximum absolute atomic E-state index is 13.1. The zero-order valence-electron chi connectivity index (χ0n) is 20.8. The van der Waals surface area contributed by atoms with E-state index in [1.165, 1.54) is 56.0 Å². The largest absolute Gasteiger partial charge is 0.390 e. The third-order valence-corrected chi connectivity index (χ3v) is 11.8. The number of thiophene rings is 2. The van der Waals surface area contributed by atoms with Crippen molar-refractivity contribution in [1.82, 2.24) is 9.80 Å². The molecule has 2 aliphatic rings. The topological polar surface area (TPSA) is 118 Å². The van der Waals surface area contributed by atoms with E-state index in [9.17, 15) is 28.8 Å². The number of amides is 2. The lowest BCUT2D eigenvalue weighted by molar-refractivity contribution is -0.168. The highest BCUT2D eigenvalue weighted by atomic mass is 32.2. The summed E-state index contributed by atoms with van der Waals surface area (Å²) in [4.78, 5) is 80.6. The molecule has 0 aliphatic carbocycles. The third kappa shape index (κ3) is 7.30. The number of esters is 2. The van der Waals surface area contributed by atoms with Gasteiger partial charge in [0.2, 0.25) is 22.0 Å². The Balaban J connectivity index is 1.33. The number of rotatable bonds is 8. The van der Waals surface area contributed by atoms with E-state index in [0.29, 0.717) is 9.75 Å². The molecule has 0 N–H and O–H groups in total. The number of hydrogen-bond acceptors (Lipinski definition) is 13. The highest BCUT2D eigenvalue weighted by molar-refractivity contribution is 8.15. The molecule has 2 fully saturated rings. The van der Waals surface area contributed by atoms with Crippen LogP contribution in [0.4, 0.5) is 0 Å². The van der Waals surface area contributed by atoms with Crippen LogP contribution in [0.25, 0.3) is 0 Å². The molecule has 4 rings (SSSR count). The standard InChI is InChI=1S/C24H24N2O7S6/c1-13(38-23(31)17-5-3-7-36-17)19(27)25-11-34-9-15(25)21(29)33-22(30)16-10-35-12-26(16)20(28)14(2)39-24(32)18-6-4-8-37-18/h3-8,13-16H,9-12H2,1-2H3. The van der Waals surface area contributed by atoms with Crippen LogP contribution in [-0.4, -0.2) is 89.6 Å². The van der Waals surface area contributed by atoms with E-state index >= 15 is 0 Å². The van der Waals surface area contributed by atoms with Gasteiger partial charge in [0, 0.05) is 11.5 Å². The molecule has 4 heterocycles. The molecule has 2 aromatic heterocycles. The van der Waals surface area contributed by atoms with Gasteiger partial charge in [0.25, 0.3) is 0 Å². The summed E-state index contributed by atoms with van der Waals surface area (Å²) >= 11 is 7.06. The molecule has 0 radical (unpaired) electrons. The van der Waals surface area contributed by atoms with Gasteiger partial charge in [0.15, 0.2) is 0 Å². The Morgan fingerprint density at radius 1 is 0.769 bits per heavy atom. The molecular formula is C24H24N2O7S6. The van der Waals surface area contributed by atoms with E-state index in [1.807, 2.05) is 0 Å². The summed E-state index contributed by atoms with van der Waals surface area (Å²) in [5.74, 6) is -1.51. The van der Waals surface area contributed by atoms with Gasteiger partial charge >= 0.3 is 11.9 Å². The van der Waals surface area contributed by atoms with Gasteiger partial charge in [0.1, 0.15) is 12.1 Å². The second-order valence-corrected chi connectivity index (χ2v) is 15.0. The lowest BCUT2D eigenvalue weighted by atomic mass is 10.2. The fourth-order valence-corrected chi connectivity index (χ4v) is 9.21. The van der Waals surface area contributed by atoms with Gasteiger partial charge in [0.05, 0.1) is 32.0 Å². The van der Waals surface area contributed by atoms with Crippen LogP contribution in [-0.2, 0) is 23.9 Å². The van der Waals surface area contributed by atoms with E-state index in [4.69, 9.17) is 4.74 Å². The molecule has 9 nitrogen and oxygen atoms in total. The van der Waals surface area contributed by atoms with Gasteiger partial charge in [-0.1, -0.05) is 35.7 Å². The fourth-order valence-electron chi connectivity index (χ4n) is 3.74. The Hall–Kier alpha value is -1.78. The first-order valence-corrected chi connectivity index (χ1v) is 17.5. The van der Waals surface area contributed by atoms with Crippen molar-refractivity contribution < 1.29 is 33.5 Å². The summed E-state index contributed by atoms with van der Waals surface area (Å²) < 4.78 is 5.18. The quantitative estimate of drug-likeness (QED) is 0.308. The molecule has 2 aromatic rings. The van der Waals surface area contributed by atoms with Crippen LogP contribution in [0.5, 0.6) is 0 Å². The molecule has 4 unspecified atom stereocenters. The molecule has 0 spiro atoms. The highest BCUT2D eigenvalue weighted by Gasteiger charge is 2.43. The van der Waals surface area contributed by atoms with Gasteiger partial charge in [-0.2, -0.15) is 0 Å². The summed E-state index contributed by atoms with van der Waals surface area (Å²) in [5.41, 5.74) is 0. The normalized spacial score (nSPS) is 20.5. The number of thioether (sulfide) groups is 4. The van der Waals surface area contributed by atoms with Crippen molar-refractivity contribution in [3.63, 3.8) is 0 Å². The Morgan fingerprint density at radius 3 is 1.54 bits per heavy atom. The molecule has 0 saturated carbocycles.